The number of hydrogen-bond acceptors (Lipinski definition) is 5. The first kappa shape index (κ1) is 15.3. The van der Waals surface area contributed by atoms with Gasteiger partial charge < -0.3 is 19.7 Å². The fourth-order valence-corrected chi connectivity index (χ4v) is 0.920. The molecule has 0 rings (SSSR count). The van der Waals surface area contributed by atoms with Gasteiger partial charge in [0.05, 0.1) is 18.6 Å². The molecule has 0 aromatic carbocycles. The van der Waals surface area contributed by atoms with Gasteiger partial charge in [-0.3, -0.25) is 4.79 Å². The molecule has 96 valence electrons. The van der Waals surface area contributed by atoms with Crippen molar-refractivity contribution in [1.29, 1.82) is 0 Å². The van der Waals surface area contributed by atoms with Gasteiger partial charge in [-0.25, -0.2) is 0 Å². The molecule has 5 heteroatoms. The van der Waals surface area contributed by atoms with E-state index in [9.17, 15) is 15.0 Å². The van der Waals surface area contributed by atoms with Crippen LogP contribution in [0, 0.1) is 0 Å². The topological polar surface area (TPSA) is 76.0 Å². The number of aliphatic hydroxyl groups is 2. The fraction of sp³-hybridized carbons (Fsp3) is 0.909. The summed E-state index contributed by atoms with van der Waals surface area (Å²) in [6.45, 7) is 5.56. The highest BCUT2D eigenvalue weighted by Gasteiger charge is 2.26. The summed E-state index contributed by atoms with van der Waals surface area (Å²) in [5, 5.41) is 18.5. The molecule has 5 nitrogen and oxygen atoms in total. The predicted octanol–water partition coefficient (Wildman–Crippen LogP) is 0.826. The lowest BCUT2D eigenvalue weighted by Gasteiger charge is -2.23. The average molecular weight is 234 g/mol. The highest BCUT2D eigenvalue weighted by Crippen LogP contribution is 2.14. The van der Waals surface area contributed by atoms with Crippen molar-refractivity contribution in [2.45, 2.75) is 51.4 Å². The lowest BCUT2D eigenvalue weighted by molar-refractivity contribution is -0.186. The van der Waals surface area contributed by atoms with Crippen LogP contribution < -0.4 is 0 Å². The zero-order chi connectivity index (χ0) is 12.8. The quantitative estimate of drug-likeness (QED) is 0.504. The van der Waals surface area contributed by atoms with Crippen molar-refractivity contribution in [3.63, 3.8) is 0 Å². The van der Waals surface area contributed by atoms with Crippen molar-refractivity contribution in [1.82, 2.24) is 0 Å². The van der Waals surface area contributed by atoms with Crippen molar-refractivity contribution >= 4 is 5.97 Å². The van der Waals surface area contributed by atoms with Crippen LogP contribution in [0.1, 0.15) is 40.0 Å². The number of methoxy groups -OCH3 is 1. The molecule has 0 amide bonds. The summed E-state index contributed by atoms with van der Waals surface area (Å²) >= 11 is 0. The maximum atomic E-state index is 11.2. The van der Waals surface area contributed by atoms with E-state index in [0.29, 0.717) is 6.42 Å². The molecule has 0 bridgehead atoms. The maximum absolute atomic E-state index is 11.2. The summed E-state index contributed by atoms with van der Waals surface area (Å²) < 4.78 is 10.0. The molecular weight excluding hydrogens is 212 g/mol. The zero-order valence-electron chi connectivity index (χ0n) is 10.4. The van der Waals surface area contributed by atoms with Crippen LogP contribution in [0.4, 0.5) is 0 Å². The van der Waals surface area contributed by atoms with Crippen molar-refractivity contribution < 1.29 is 24.5 Å². The van der Waals surface area contributed by atoms with Crippen molar-refractivity contribution in [2.24, 2.45) is 0 Å². The average Bonchev–Trinajstić information content (AvgIpc) is 2.17. The van der Waals surface area contributed by atoms with Gasteiger partial charge in [-0.1, -0.05) is 6.92 Å². The Morgan fingerprint density at radius 1 is 1.31 bits per heavy atom. The Kier molecular flexibility index (Phi) is 5.92. The zero-order valence-corrected chi connectivity index (χ0v) is 10.4. The van der Waals surface area contributed by atoms with E-state index in [1.54, 1.807) is 14.0 Å². The van der Waals surface area contributed by atoms with Gasteiger partial charge in [0.2, 0.25) is 0 Å². The Morgan fingerprint density at radius 2 is 1.88 bits per heavy atom. The summed E-state index contributed by atoms with van der Waals surface area (Å²) in [7, 11) is 1.59. The normalized spacial score (nSPS) is 12.6. The summed E-state index contributed by atoms with van der Waals surface area (Å²) in [6, 6.07) is 0. The smallest absolute Gasteiger partial charge is 0.311 e. The second kappa shape index (κ2) is 6.18. The molecule has 0 spiro atoms. The Bertz CT molecular complexity index is 222. The Hall–Kier alpha value is -0.650. The minimum Gasteiger partial charge on any atom is -0.465 e. The molecule has 0 aliphatic rings. The van der Waals surface area contributed by atoms with Gasteiger partial charge in [-0.2, -0.15) is 0 Å². The third-order valence-corrected chi connectivity index (χ3v) is 2.51. The molecule has 0 saturated carbocycles. The SMILES string of the molecule is CCC(O)(O)CC(=O)OCCC(C)(C)OC. The highest BCUT2D eigenvalue weighted by molar-refractivity contribution is 5.70. The number of carbonyl (C=O) groups excluding carboxylic acids is 1. The van der Waals surface area contributed by atoms with Crippen LogP contribution in [0.15, 0.2) is 0 Å². The number of hydrogen-bond donors (Lipinski definition) is 2. The molecule has 0 radical (unpaired) electrons. The Morgan fingerprint density at radius 3 is 2.31 bits per heavy atom. The van der Waals surface area contributed by atoms with Gasteiger partial charge in [0.1, 0.15) is 0 Å². The molecule has 0 aliphatic heterocycles. The monoisotopic (exact) mass is 234 g/mol. The Balaban J connectivity index is 3.83. The molecular formula is C11H22O5. The number of rotatable bonds is 7. The molecule has 0 aromatic heterocycles. The largest absolute Gasteiger partial charge is 0.465 e. The molecule has 0 fully saturated rings. The van der Waals surface area contributed by atoms with Crippen LogP contribution in [-0.2, 0) is 14.3 Å². The van der Waals surface area contributed by atoms with E-state index in [0.717, 1.165) is 0 Å². The van der Waals surface area contributed by atoms with E-state index < -0.39 is 18.2 Å². The lowest BCUT2D eigenvalue weighted by atomic mass is 10.1. The van der Waals surface area contributed by atoms with E-state index in [-0.39, 0.29) is 18.6 Å². The maximum Gasteiger partial charge on any atom is 0.311 e. The van der Waals surface area contributed by atoms with Gasteiger partial charge in [-0.15, -0.1) is 0 Å². The Labute approximate surface area is 96.4 Å². The molecule has 0 aliphatic carbocycles. The van der Waals surface area contributed by atoms with Gasteiger partial charge in [-0.05, 0) is 20.3 Å². The molecule has 2 N–H and O–H groups in total. The van der Waals surface area contributed by atoms with E-state index in [1.807, 2.05) is 13.8 Å². The summed E-state index contributed by atoms with van der Waals surface area (Å²) in [4.78, 5) is 11.2. The van der Waals surface area contributed by atoms with Crippen molar-refractivity contribution in [2.75, 3.05) is 13.7 Å². The summed E-state index contributed by atoms with van der Waals surface area (Å²) in [5.41, 5.74) is -0.347. The van der Waals surface area contributed by atoms with Crippen molar-refractivity contribution in [3.8, 4) is 0 Å². The van der Waals surface area contributed by atoms with Crippen LogP contribution in [0.5, 0.6) is 0 Å². The molecule has 0 aromatic rings. The van der Waals surface area contributed by atoms with E-state index in [2.05, 4.69) is 0 Å². The van der Waals surface area contributed by atoms with Crippen LogP contribution in [0.25, 0.3) is 0 Å². The lowest BCUT2D eigenvalue weighted by Crippen LogP contribution is -2.32. The van der Waals surface area contributed by atoms with E-state index >= 15 is 0 Å². The van der Waals surface area contributed by atoms with Gasteiger partial charge in [0.25, 0.3) is 0 Å². The first-order chi connectivity index (χ1) is 7.22. The standard InChI is InChI=1S/C11H22O5/c1-5-11(13,14)8-9(12)16-7-6-10(2,3)15-4/h13-14H,5-8H2,1-4H3. The molecule has 0 heterocycles. The second-order valence-electron chi connectivity index (χ2n) is 4.45. The number of esters is 1. The van der Waals surface area contributed by atoms with Crippen LogP contribution in [-0.4, -0.2) is 41.3 Å². The first-order valence-corrected chi connectivity index (χ1v) is 5.38. The van der Waals surface area contributed by atoms with Gasteiger partial charge >= 0.3 is 5.97 Å². The molecule has 0 unspecified atom stereocenters. The third-order valence-electron chi connectivity index (χ3n) is 2.51. The predicted molar refractivity (Wildman–Crippen MR) is 58.7 cm³/mol. The summed E-state index contributed by atoms with van der Waals surface area (Å²) in [5.74, 6) is -2.58. The van der Waals surface area contributed by atoms with Gasteiger partial charge in [0.15, 0.2) is 5.79 Å². The minimum absolute atomic E-state index is 0.0890. The molecule has 0 atom stereocenters. The van der Waals surface area contributed by atoms with E-state index in [4.69, 9.17) is 9.47 Å². The minimum atomic E-state index is -1.96. The second-order valence-corrected chi connectivity index (χ2v) is 4.45. The highest BCUT2D eigenvalue weighted by atomic mass is 16.5. The van der Waals surface area contributed by atoms with Crippen LogP contribution >= 0.6 is 0 Å². The first-order valence-electron chi connectivity index (χ1n) is 5.38. The van der Waals surface area contributed by atoms with E-state index in [1.165, 1.54) is 0 Å². The number of ether oxygens (including phenoxy) is 2. The third kappa shape index (κ3) is 6.76. The number of carbonyl (C=O) groups is 1. The molecule has 0 saturated heterocycles. The fourth-order valence-electron chi connectivity index (χ4n) is 0.920. The van der Waals surface area contributed by atoms with Gasteiger partial charge in [0, 0.05) is 13.5 Å². The van der Waals surface area contributed by atoms with Crippen LogP contribution in [0.2, 0.25) is 0 Å². The summed E-state index contributed by atoms with van der Waals surface area (Å²) in [6.07, 6.45) is 0.244. The molecule has 16 heavy (non-hydrogen) atoms. The van der Waals surface area contributed by atoms with Crippen molar-refractivity contribution in [3.05, 3.63) is 0 Å². The van der Waals surface area contributed by atoms with Crippen LogP contribution in [0.3, 0.4) is 0 Å².